The van der Waals surface area contributed by atoms with Gasteiger partial charge in [0.1, 0.15) is 12.2 Å². The van der Waals surface area contributed by atoms with E-state index in [0.29, 0.717) is 31.0 Å². The predicted molar refractivity (Wildman–Crippen MR) is 130 cm³/mol. The van der Waals surface area contributed by atoms with Crippen LogP contribution in [-0.4, -0.2) is 67.5 Å². The van der Waals surface area contributed by atoms with Crippen molar-refractivity contribution < 1.29 is 33.1 Å². The van der Waals surface area contributed by atoms with E-state index in [-0.39, 0.29) is 24.4 Å². The van der Waals surface area contributed by atoms with E-state index in [9.17, 15) is 9.59 Å². The standard InChI is InChI=1S/C25H38BNO7/c1-23(2,3)32-22(29)27-12-11-17(15-27)13-19(28)16-31-20-10-9-18(14-21(20)30-8)26-33-24(4,5)25(6,7)34-26/h9-10,14,17H,11-13,15-16H2,1-8H3. The number of hydrogen-bond donors (Lipinski definition) is 0. The van der Waals surface area contributed by atoms with Crippen molar-refractivity contribution in [3.8, 4) is 11.5 Å². The van der Waals surface area contributed by atoms with Gasteiger partial charge in [0.2, 0.25) is 0 Å². The lowest BCUT2D eigenvalue weighted by Crippen LogP contribution is -2.41. The Morgan fingerprint density at radius 2 is 1.76 bits per heavy atom. The van der Waals surface area contributed by atoms with Crippen LogP contribution in [0.2, 0.25) is 0 Å². The molecule has 0 radical (unpaired) electrons. The number of ether oxygens (including phenoxy) is 3. The molecule has 1 aromatic carbocycles. The van der Waals surface area contributed by atoms with Gasteiger partial charge in [-0.15, -0.1) is 0 Å². The van der Waals surface area contributed by atoms with Crippen LogP contribution >= 0.6 is 0 Å². The summed E-state index contributed by atoms with van der Waals surface area (Å²) in [5.74, 6) is 1.08. The van der Waals surface area contributed by atoms with Gasteiger partial charge in [-0.3, -0.25) is 4.79 Å². The molecule has 2 fully saturated rings. The van der Waals surface area contributed by atoms with Crippen molar-refractivity contribution >= 4 is 24.5 Å². The minimum Gasteiger partial charge on any atom is -0.493 e. The Kier molecular flexibility index (Phi) is 7.58. The van der Waals surface area contributed by atoms with Crippen LogP contribution in [0.25, 0.3) is 0 Å². The molecule has 3 rings (SSSR count). The molecule has 2 aliphatic heterocycles. The summed E-state index contributed by atoms with van der Waals surface area (Å²) in [5.41, 5.74) is -0.588. The zero-order valence-corrected chi connectivity index (χ0v) is 21.7. The molecule has 0 N–H and O–H groups in total. The summed E-state index contributed by atoms with van der Waals surface area (Å²) in [6.45, 7) is 14.6. The van der Waals surface area contributed by atoms with Crippen LogP contribution in [0.3, 0.4) is 0 Å². The second kappa shape index (κ2) is 9.78. The van der Waals surface area contributed by atoms with Crippen LogP contribution < -0.4 is 14.9 Å². The zero-order valence-electron chi connectivity index (χ0n) is 21.7. The van der Waals surface area contributed by atoms with Crippen LogP contribution in [0.5, 0.6) is 11.5 Å². The van der Waals surface area contributed by atoms with E-state index < -0.39 is 23.9 Å². The van der Waals surface area contributed by atoms with Crippen molar-refractivity contribution in [3.05, 3.63) is 18.2 Å². The molecule has 0 aromatic heterocycles. The second-order valence-corrected chi connectivity index (χ2v) is 11.1. The number of likely N-dealkylation sites (tertiary alicyclic amines) is 1. The van der Waals surface area contributed by atoms with Gasteiger partial charge in [-0.05, 0) is 78.4 Å². The fourth-order valence-electron chi connectivity index (χ4n) is 3.96. The van der Waals surface area contributed by atoms with Crippen LogP contribution in [0.1, 0.15) is 61.3 Å². The molecule has 0 aliphatic carbocycles. The highest BCUT2D eigenvalue weighted by Gasteiger charge is 2.51. The maximum atomic E-state index is 12.6. The summed E-state index contributed by atoms with van der Waals surface area (Å²) in [6, 6.07) is 5.45. The van der Waals surface area contributed by atoms with Crippen molar-refractivity contribution in [2.45, 2.75) is 78.1 Å². The maximum absolute atomic E-state index is 12.6. The number of methoxy groups -OCH3 is 1. The third-order valence-electron chi connectivity index (χ3n) is 6.56. The lowest BCUT2D eigenvalue weighted by molar-refractivity contribution is -0.121. The summed E-state index contributed by atoms with van der Waals surface area (Å²) in [5, 5.41) is 0. The molecule has 1 amide bonds. The van der Waals surface area contributed by atoms with Gasteiger partial charge in [-0.1, -0.05) is 6.07 Å². The third kappa shape index (κ3) is 6.24. The Morgan fingerprint density at radius 1 is 1.12 bits per heavy atom. The molecule has 1 atom stereocenters. The Labute approximate surface area is 203 Å². The number of carbonyl (C=O) groups excluding carboxylic acids is 2. The highest BCUT2D eigenvalue weighted by atomic mass is 16.7. The number of amides is 1. The van der Waals surface area contributed by atoms with Gasteiger partial charge in [0.25, 0.3) is 0 Å². The zero-order chi connectivity index (χ0) is 25.3. The van der Waals surface area contributed by atoms with Gasteiger partial charge >= 0.3 is 13.2 Å². The Balaban J connectivity index is 1.53. The van der Waals surface area contributed by atoms with E-state index in [1.807, 2.05) is 60.6 Å². The highest BCUT2D eigenvalue weighted by molar-refractivity contribution is 6.62. The Bertz CT molecular complexity index is 893. The smallest absolute Gasteiger partial charge is 0.493 e. The minimum absolute atomic E-state index is 0.0203. The molecule has 0 bridgehead atoms. The molecule has 9 heteroatoms. The van der Waals surface area contributed by atoms with Crippen molar-refractivity contribution in [2.24, 2.45) is 5.92 Å². The first-order valence-electron chi connectivity index (χ1n) is 11.9. The predicted octanol–water partition coefficient (Wildman–Crippen LogP) is 3.59. The SMILES string of the molecule is COc1cc(B2OC(C)(C)C(C)(C)O2)ccc1OCC(=O)CC1CCN(C(=O)OC(C)(C)C)C1. The van der Waals surface area contributed by atoms with Crippen LogP contribution in [0, 0.1) is 5.92 Å². The fourth-order valence-corrected chi connectivity index (χ4v) is 3.96. The largest absolute Gasteiger partial charge is 0.494 e. The van der Waals surface area contributed by atoms with Gasteiger partial charge in [0, 0.05) is 19.5 Å². The highest BCUT2D eigenvalue weighted by Crippen LogP contribution is 2.37. The van der Waals surface area contributed by atoms with E-state index in [2.05, 4.69) is 0 Å². The fraction of sp³-hybridized carbons (Fsp3) is 0.680. The average molecular weight is 475 g/mol. The maximum Gasteiger partial charge on any atom is 0.494 e. The van der Waals surface area contributed by atoms with E-state index in [1.54, 1.807) is 18.1 Å². The summed E-state index contributed by atoms with van der Waals surface area (Å²) in [7, 11) is 1.05. The molecule has 2 aliphatic rings. The molecule has 2 heterocycles. The third-order valence-corrected chi connectivity index (χ3v) is 6.56. The van der Waals surface area contributed by atoms with E-state index >= 15 is 0 Å². The lowest BCUT2D eigenvalue weighted by Gasteiger charge is -2.32. The van der Waals surface area contributed by atoms with E-state index in [4.69, 9.17) is 23.5 Å². The van der Waals surface area contributed by atoms with Crippen molar-refractivity contribution in [2.75, 3.05) is 26.8 Å². The van der Waals surface area contributed by atoms with E-state index in [0.717, 1.165) is 11.9 Å². The summed E-state index contributed by atoms with van der Waals surface area (Å²) in [4.78, 5) is 26.5. The van der Waals surface area contributed by atoms with Crippen LogP contribution in [-0.2, 0) is 18.8 Å². The van der Waals surface area contributed by atoms with Crippen molar-refractivity contribution in [3.63, 3.8) is 0 Å². The Hall–Kier alpha value is -2.26. The molecule has 0 spiro atoms. The molecular weight excluding hydrogens is 437 g/mol. The quantitative estimate of drug-likeness (QED) is 0.558. The van der Waals surface area contributed by atoms with Gasteiger partial charge < -0.3 is 28.4 Å². The van der Waals surface area contributed by atoms with Gasteiger partial charge in [0.05, 0.1) is 18.3 Å². The first-order valence-corrected chi connectivity index (χ1v) is 11.9. The lowest BCUT2D eigenvalue weighted by atomic mass is 9.79. The molecule has 2 saturated heterocycles. The average Bonchev–Trinajstić information content (AvgIpc) is 3.26. The molecule has 0 saturated carbocycles. The Morgan fingerprint density at radius 3 is 2.35 bits per heavy atom. The van der Waals surface area contributed by atoms with Crippen LogP contribution in [0.15, 0.2) is 18.2 Å². The van der Waals surface area contributed by atoms with Gasteiger partial charge in [0.15, 0.2) is 17.3 Å². The molecule has 188 valence electrons. The molecule has 8 nitrogen and oxygen atoms in total. The molecule has 34 heavy (non-hydrogen) atoms. The van der Waals surface area contributed by atoms with Crippen molar-refractivity contribution in [1.82, 2.24) is 4.90 Å². The molecular formula is C25H38BNO7. The number of carbonyl (C=O) groups is 2. The summed E-state index contributed by atoms with van der Waals surface area (Å²) < 4.78 is 28.9. The van der Waals surface area contributed by atoms with Gasteiger partial charge in [-0.2, -0.15) is 0 Å². The number of Topliss-reactive ketones (excluding diaryl/α,β-unsaturated/α-hetero) is 1. The number of benzene rings is 1. The van der Waals surface area contributed by atoms with E-state index in [1.165, 1.54) is 0 Å². The first kappa shape index (κ1) is 26.4. The van der Waals surface area contributed by atoms with Crippen LogP contribution in [0.4, 0.5) is 4.79 Å². The van der Waals surface area contributed by atoms with Crippen molar-refractivity contribution in [1.29, 1.82) is 0 Å². The summed E-state index contributed by atoms with van der Waals surface area (Å²) >= 11 is 0. The number of hydrogen-bond acceptors (Lipinski definition) is 7. The number of rotatable bonds is 7. The molecule has 1 aromatic rings. The minimum atomic E-state index is -0.532. The van der Waals surface area contributed by atoms with Gasteiger partial charge in [-0.25, -0.2) is 4.79 Å². The monoisotopic (exact) mass is 475 g/mol. The second-order valence-electron chi connectivity index (χ2n) is 11.1. The number of nitrogens with zero attached hydrogens (tertiary/aromatic N) is 1. The summed E-state index contributed by atoms with van der Waals surface area (Å²) in [6.07, 6.45) is 0.801. The first-order chi connectivity index (χ1) is 15.7. The topological polar surface area (TPSA) is 83.5 Å². The molecule has 1 unspecified atom stereocenters. The number of ketones is 1. The normalized spacial score (nSPS) is 21.5.